The Labute approximate surface area is 207 Å². The van der Waals surface area contributed by atoms with Gasteiger partial charge in [-0.2, -0.15) is 0 Å². The number of aromatic nitrogens is 1. The van der Waals surface area contributed by atoms with Crippen LogP contribution in [0.2, 0.25) is 5.02 Å². The van der Waals surface area contributed by atoms with Crippen molar-refractivity contribution >= 4 is 29.2 Å². The topological polar surface area (TPSA) is 95.9 Å². The van der Waals surface area contributed by atoms with Crippen molar-refractivity contribution in [1.82, 2.24) is 4.57 Å². The molecule has 0 aliphatic carbocycles. The summed E-state index contributed by atoms with van der Waals surface area (Å²) in [6.07, 6.45) is 3.19. The quantitative estimate of drug-likeness (QED) is 0.471. The SMILES string of the molecule is COC(=O)c1c(OCC(=O)Nc2cc(Cl)ccc2Oc2ccccc2)cc(=O)n2c1CCCCC2. The van der Waals surface area contributed by atoms with Crippen molar-refractivity contribution in [2.24, 2.45) is 0 Å². The van der Waals surface area contributed by atoms with Crippen LogP contribution in [-0.2, 0) is 22.5 Å². The van der Waals surface area contributed by atoms with Crippen molar-refractivity contribution < 1.29 is 23.8 Å². The number of rotatable bonds is 7. The lowest BCUT2D eigenvalue weighted by atomic mass is 10.1. The molecule has 1 amide bonds. The monoisotopic (exact) mass is 496 g/mol. The van der Waals surface area contributed by atoms with Crippen LogP contribution in [-0.4, -0.2) is 30.2 Å². The smallest absolute Gasteiger partial charge is 0.343 e. The molecule has 0 spiro atoms. The number of nitrogens with zero attached hydrogens (tertiary/aromatic N) is 1. The fourth-order valence-corrected chi connectivity index (χ4v) is 4.16. The fraction of sp³-hybridized carbons (Fsp3) is 0.269. The van der Waals surface area contributed by atoms with Gasteiger partial charge in [-0.3, -0.25) is 9.59 Å². The fourth-order valence-electron chi connectivity index (χ4n) is 3.98. The van der Waals surface area contributed by atoms with Gasteiger partial charge in [0.25, 0.3) is 11.5 Å². The molecule has 3 aromatic rings. The van der Waals surface area contributed by atoms with E-state index in [0.29, 0.717) is 40.9 Å². The number of hydrogen-bond acceptors (Lipinski definition) is 6. The first-order valence-electron chi connectivity index (χ1n) is 11.3. The number of anilines is 1. The number of pyridine rings is 1. The Kier molecular flexibility index (Phi) is 7.72. The number of para-hydroxylation sites is 1. The molecule has 0 saturated carbocycles. The van der Waals surface area contributed by atoms with E-state index in [-0.39, 0.29) is 16.9 Å². The number of methoxy groups -OCH3 is 1. The Balaban J connectivity index is 1.54. The van der Waals surface area contributed by atoms with Crippen molar-refractivity contribution in [2.45, 2.75) is 32.2 Å². The number of esters is 1. The number of carbonyl (C=O) groups is 2. The summed E-state index contributed by atoms with van der Waals surface area (Å²) >= 11 is 6.12. The third kappa shape index (κ3) is 5.84. The van der Waals surface area contributed by atoms with E-state index in [0.717, 1.165) is 19.3 Å². The molecular weight excluding hydrogens is 472 g/mol. The predicted molar refractivity (Wildman–Crippen MR) is 132 cm³/mol. The van der Waals surface area contributed by atoms with E-state index in [1.807, 2.05) is 18.2 Å². The molecule has 8 nitrogen and oxygen atoms in total. The minimum absolute atomic E-state index is 0.0250. The molecule has 2 aromatic carbocycles. The average Bonchev–Trinajstić information content (AvgIpc) is 3.11. The highest BCUT2D eigenvalue weighted by molar-refractivity contribution is 6.31. The first-order valence-corrected chi connectivity index (χ1v) is 11.6. The van der Waals surface area contributed by atoms with Crippen LogP contribution in [0.4, 0.5) is 5.69 Å². The molecule has 1 aromatic heterocycles. The summed E-state index contributed by atoms with van der Waals surface area (Å²) in [4.78, 5) is 38.0. The van der Waals surface area contributed by atoms with Crippen molar-refractivity contribution in [2.75, 3.05) is 19.0 Å². The summed E-state index contributed by atoms with van der Waals surface area (Å²) in [5.41, 5.74) is 0.826. The number of ether oxygens (including phenoxy) is 3. The van der Waals surface area contributed by atoms with Gasteiger partial charge in [0.15, 0.2) is 12.4 Å². The Morgan fingerprint density at radius 3 is 2.60 bits per heavy atom. The number of fused-ring (bicyclic) bond motifs is 1. The van der Waals surface area contributed by atoms with Gasteiger partial charge in [-0.15, -0.1) is 0 Å². The molecule has 35 heavy (non-hydrogen) atoms. The minimum Gasteiger partial charge on any atom is -0.483 e. The maximum atomic E-state index is 12.7. The zero-order valence-corrected chi connectivity index (χ0v) is 20.0. The molecule has 0 radical (unpaired) electrons. The molecule has 1 aliphatic heterocycles. The second kappa shape index (κ2) is 11.1. The Morgan fingerprint density at radius 1 is 1.03 bits per heavy atom. The normalized spacial score (nSPS) is 12.7. The van der Waals surface area contributed by atoms with Crippen LogP contribution in [0.1, 0.15) is 35.3 Å². The van der Waals surface area contributed by atoms with Crippen LogP contribution in [0, 0.1) is 0 Å². The predicted octanol–water partition coefficient (Wildman–Crippen LogP) is 4.82. The zero-order chi connectivity index (χ0) is 24.8. The van der Waals surface area contributed by atoms with Crippen molar-refractivity contribution in [3.63, 3.8) is 0 Å². The van der Waals surface area contributed by atoms with Crippen LogP contribution in [0.3, 0.4) is 0 Å². The summed E-state index contributed by atoms with van der Waals surface area (Å²) < 4.78 is 18.1. The molecule has 1 N–H and O–H groups in total. The third-order valence-corrected chi connectivity index (χ3v) is 5.85. The summed E-state index contributed by atoms with van der Waals surface area (Å²) in [7, 11) is 1.27. The molecular formula is C26H25ClN2O6. The van der Waals surface area contributed by atoms with Crippen LogP contribution in [0.5, 0.6) is 17.2 Å². The van der Waals surface area contributed by atoms with Crippen LogP contribution < -0.4 is 20.3 Å². The molecule has 0 atom stereocenters. The van der Waals surface area contributed by atoms with Gasteiger partial charge in [0.2, 0.25) is 0 Å². The third-order valence-electron chi connectivity index (χ3n) is 5.61. The van der Waals surface area contributed by atoms with E-state index >= 15 is 0 Å². The van der Waals surface area contributed by atoms with Gasteiger partial charge in [-0.05, 0) is 49.6 Å². The summed E-state index contributed by atoms with van der Waals surface area (Å²) in [6.45, 7) is 0.0854. The second-order valence-corrected chi connectivity index (χ2v) is 8.45. The lowest BCUT2D eigenvalue weighted by Gasteiger charge is -2.18. The average molecular weight is 497 g/mol. The van der Waals surface area contributed by atoms with Gasteiger partial charge in [0.1, 0.15) is 17.1 Å². The van der Waals surface area contributed by atoms with E-state index in [1.165, 1.54) is 13.2 Å². The van der Waals surface area contributed by atoms with Crippen molar-refractivity contribution in [1.29, 1.82) is 0 Å². The highest BCUT2D eigenvalue weighted by Crippen LogP contribution is 2.32. The van der Waals surface area contributed by atoms with Gasteiger partial charge >= 0.3 is 5.97 Å². The number of amides is 1. The second-order valence-electron chi connectivity index (χ2n) is 8.01. The maximum Gasteiger partial charge on any atom is 0.343 e. The first kappa shape index (κ1) is 24.3. The lowest BCUT2D eigenvalue weighted by Crippen LogP contribution is -2.28. The van der Waals surface area contributed by atoms with E-state index in [9.17, 15) is 14.4 Å². The number of nitrogens with one attached hydrogen (secondary N) is 1. The highest BCUT2D eigenvalue weighted by Gasteiger charge is 2.25. The molecule has 0 unspecified atom stereocenters. The highest BCUT2D eigenvalue weighted by atomic mass is 35.5. The Bertz CT molecular complexity index is 1290. The number of hydrogen-bond donors (Lipinski definition) is 1. The summed E-state index contributed by atoms with van der Waals surface area (Å²) in [5, 5.41) is 3.13. The minimum atomic E-state index is -0.612. The van der Waals surface area contributed by atoms with Crippen LogP contribution >= 0.6 is 11.6 Å². The molecule has 2 heterocycles. The lowest BCUT2D eigenvalue weighted by molar-refractivity contribution is -0.118. The van der Waals surface area contributed by atoms with Crippen LogP contribution in [0.15, 0.2) is 59.4 Å². The van der Waals surface area contributed by atoms with Gasteiger partial charge in [-0.25, -0.2) is 4.79 Å². The molecule has 9 heteroatoms. The molecule has 0 fully saturated rings. The number of halogens is 1. The molecule has 1 aliphatic rings. The molecule has 0 bridgehead atoms. The molecule has 182 valence electrons. The van der Waals surface area contributed by atoms with Crippen molar-refractivity contribution in [3.8, 4) is 17.2 Å². The maximum absolute atomic E-state index is 12.7. The summed E-state index contributed by atoms with van der Waals surface area (Å²) in [5.74, 6) is -0.116. The number of carbonyl (C=O) groups excluding carboxylic acids is 2. The number of benzene rings is 2. The zero-order valence-electron chi connectivity index (χ0n) is 19.2. The molecule has 0 saturated heterocycles. The van der Waals surface area contributed by atoms with Crippen molar-refractivity contribution in [3.05, 3.63) is 81.2 Å². The van der Waals surface area contributed by atoms with Crippen LogP contribution in [0.25, 0.3) is 0 Å². The van der Waals surface area contributed by atoms with E-state index in [2.05, 4.69) is 5.32 Å². The van der Waals surface area contributed by atoms with Gasteiger partial charge in [0.05, 0.1) is 12.8 Å². The first-order chi connectivity index (χ1) is 17.0. The molecule has 4 rings (SSSR count). The van der Waals surface area contributed by atoms with Gasteiger partial charge in [0, 0.05) is 23.3 Å². The Hall–Kier alpha value is -3.78. The summed E-state index contributed by atoms with van der Waals surface area (Å²) in [6, 6.07) is 15.2. The standard InChI is InChI=1S/C26H25ClN2O6/c1-33-26(32)25-20-10-6-3-7-13-29(20)24(31)15-22(25)34-16-23(30)28-19-14-17(27)11-12-21(19)35-18-8-4-2-5-9-18/h2,4-5,8-9,11-12,14-15H,3,6-7,10,13,16H2,1H3,(H,28,30). The van der Waals surface area contributed by atoms with E-state index < -0.39 is 18.5 Å². The van der Waals surface area contributed by atoms with Gasteiger partial charge < -0.3 is 24.1 Å². The Morgan fingerprint density at radius 2 is 1.83 bits per heavy atom. The largest absolute Gasteiger partial charge is 0.483 e. The van der Waals surface area contributed by atoms with Gasteiger partial charge in [-0.1, -0.05) is 36.2 Å². The van der Waals surface area contributed by atoms with E-state index in [1.54, 1.807) is 34.9 Å². The van der Waals surface area contributed by atoms with E-state index in [4.69, 9.17) is 25.8 Å².